The summed E-state index contributed by atoms with van der Waals surface area (Å²) in [5, 5.41) is 17.9. The molecule has 2 atom stereocenters. The molecule has 3 heteroatoms. The van der Waals surface area contributed by atoms with E-state index in [1.165, 1.54) is 18.2 Å². The molecule has 0 aliphatic rings. The van der Waals surface area contributed by atoms with E-state index in [-0.39, 0.29) is 0 Å². The molecule has 0 spiro atoms. The monoisotopic (exact) mass is 170 g/mol. The Kier molecular flexibility index (Phi) is 5.04. The van der Waals surface area contributed by atoms with Crippen LogP contribution in [0.5, 0.6) is 0 Å². The Bertz CT molecular complexity index is 184. The third-order valence-corrected chi connectivity index (χ3v) is 1.57. The maximum atomic E-state index is 10.6. The van der Waals surface area contributed by atoms with Crippen molar-refractivity contribution in [1.29, 1.82) is 0 Å². The second kappa shape index (κ2) is 5.55. The zero-order valence-electron chi connectivity index (χ0n) is 7.10. The normalized spacial score (nSPS) is 15.8. The lowest BCUT2D eigenvalue weighted by Crippen LogP contribution is -2.25. The highest BCUT2D eigenvalue weighted by molar-refractivity contribution is 5.72. The van der Waals surface area contributed by atoms with Crippen LogP contribution in [0.2, 0.25) is 0 Å². The molecule has 2 N–H and O–H groups in total. The first-order valence-corrected chi connectivity index (χ1v) is 3.83. The standard InChI is InChI=1S/C9H14O3/c1-3-5-6-7(9(11)12)8(10)4-2/h3,5-8,10H,1,4H2,2H3,(H,11,12)/b6-5+. The summed E-state index contributed by atoms with van der Waals surface area (Å²) in [6, 6.07) is 0. The molecule has 0 saturated carbocycles. The molecule has 0 fully saturated rings. The maximum Gasteiger partial charge on any atom is 0.313 e. The van der Waals surface area contributed by atoms with Gasteiger partial charge in [0.15, 0.2) is 0 Å². The van der Waals surface area contributed by atoms with Gasteiger partial charge in [-0.3, -0.25) is 4.79 Å². The molecule has 0 saturated heterocycles. The fourth-order valence-corrected chi connectivity index (χ4v) is 0.827. The number of hydrogen-bond donors (Lipinski definition) is 2. The zero-order chi connectivity index (χ0) is 9.56. The molecule has 0 rings (SSSR count). The molecule has 0 heterocycles. The average molecular weight is 170 g/mol. The highest BCUT2D eigenvalue weighted by atomic mass is 16.4. The van der Waals surface area contributed by atoms with Crippen molar-refractivity contribution < 1.29 is 15.0 Å². The van der Waals surface area contributed by atoms with E-state index in [1.807, 2.05) is 0 Å². The Balaban J connectivity index is 4.32. The molecule has 0 aliphatic carbocycles. The van der Waals surface area contributed by atoms with Crippen LogP contribution < -0.4 is 0 Å². The highest BCUT2D eigenvalue weighted by Crippen LogP contribution is 2.09. The number of carbonyl (C=O) groups is 1. The van der Waals surface area contributed by atoms with Crippen molar-refractivity contribution in [3.05, 3.63) is 24.8 Å². The van der Waals surface area contributed by atoms with Crippen molar-refractivity contribution in [2.45, 2.75) is 19.4 Å². The van der Waals surface area contributed by atoms with Crippen molar-refractivity contribution in [3.63, 3.8) is 0 Å². The van der Waals surface area contributed by atoms with E-state index >= 15 is 0 Å². The Morgan fingerprint density at radius 2 is 2.25 bits per heavy atom. The number of carboxylic acid groups (broad SMARTS) is 1. The molecule has 0 aromatic carbocycles. The van der Waals surface area contributed by atoms with E-state index in [9.17, 15) is 9.90 Å². The van der Waals surface area contributed by atoms with E-state index in [0.717, 1.165) is 0 Å². The topological polar surface area (TPSA) is 57.5 Å². The SMILES string of the molecule is C=C/C=C/C(C(=O)O)C(O)CC. The van der Waals surface area contributed by atoms with Gasteiger partial charge in [0.2, 0.25) is 0 Å². The molecule has 3 nitrogen and oxygen atoms in total. The number of aliphatic hydroxyl groups excluding tert-OH is 1. The molecular formula is C9H14O3. The summed E-state index contributed by atoms with van der Waals surface area (Å²) in [5.74, 6) is -1.84. The Labute approximate surface area is 72.0 Å². The van der Waals surface area contributed by atoms with Crippen LogP contribution >= 0.6 is 0 Å². The maximum absolute atomic E-state index is 10.6. The fourth-order valence-electron chi connectivity index (χ4n) is 0.827. The minimum atomic E-state index is -1.01. The summed E-state index contributed by atoms with van der Waals surface area (Å²) in [5.41, 5.74) is 0. The summed E-state index contributed by atoms with van der Waals surface area (Å²) < 4.78 is 0. The molecule has 0 bridgehead atoms. The number of carboxylic acids is 1. The number of allylic oxidation sites excluding steroid dienone is 2. The van der Waals surface area contributed by atoms with Crippen LogP contribution in [0.25, 0.3) is 0 Å². The van der Waals surface area contributed by atoms with E-state index in [1.54, 1.807) is 6.92 Å². The number of aliphatic carboxylic acids is 1. The molecular weight excluding hydrogens is 156 g/mol. The van der Waals surface area contributed by atoms with Crippen LogP contribution in [0.3, 0.4) is 0 Å². The molecule has 0 amide bonds. The molecule has 12 heavy (non-hydrogen) atoms. The van der Waals surface area contributed by atoms with Gasteiger partial charge in [0.1, 0.15) is 5.92 Å². The van der Waals surface area contributed by atoms with Gasteiger partial charge in [0.25, 0.3) is 0 Å². The van der Waals surface area contributed by atoms with Gasteiger partial charge < -0.3 is 10.2 Å². The van der Waals surface area contributed by atoms with E-state index in [0.29, 0.717) is 6.42 Å². The van der Waals surface area contributed by atoms with Crippen LogP contribution in [-0.4, -0.2) is 22.3 Å². The predicted octanol–water partition coefficient (Wildman–Crippen LogP) is 1.20. The summed E-state index contributed by atoms with van der Waals surface area (Å²) in [6.07, 6.45) is 4.05. The molecule has 0 aromatic rings. The molecule has 0 aromatic heterocycles. The molecule has 0 aliphatic heterocycles. The van der Waals surface area contributed by atoms with E-state index < -0.39 is 18.0 Å². The van der Waals surface area contributed by atoms with Crippen molar-refractivity contribution in [2.24, 2.45) is 5.92 Å². The lowest BCUT2D eigenvalue weighted by Gasteiger charge is -2.12. The molecule has 2 unspecified atom stereocenters. The van der Waals surface area contributed by atoms with Crippen molar-refractivity contribution in [1.82, 2.24) is 0 Å². The molecule has 68 valence electrons. The van der Waals surface area contributed by atoms with Crippen LogP contribution in [0.15, 0.2) is 24.8 Å². The predicted molar refractivity (Wildman–Crippen MR) is 46.8 cm³/mol. The van der Waals surface area contributed by atoms with Gasteiger partial charge in [-0.25, -0.2) is 0 Å². The van der Waals surface area contributed by atoms with Crippen molar-refractivity contribution in [2.75, 3.05) is 0 Å². The van der Waals surface area contributed by atoms with E-state index in [2.05, 4.69) is 6.58 Å². The van der Waals surface area contributed by atoms with Crippen molar-refractivity contribution >= 4 is 5.97 Å². The lowest BCUT2D eigenvalue weighted by molar-refractivity contribution is -0.143. The summed E-state index contributed by atoms with van der Waals surface area (Å²) in [7, 11) is 0. The molecule has 0 radical (unpaired) electrons. The van der Waals surface area contributed by atoms with Gasteiger partial charge in [-0.05, 0) is 6.42 Å². The van der Waals surface area contributed by atoms with E-state index in [4.69, 9.17) is 5.11 Å². The van der Waals surface area contributed by atoms with Gasteiger partial charge in [0, 0.05) is 0 Å². The minimum Gasteiger partial charge on any atom is -0.481 e. The Morgan fingerprint density at radius 3 is 2.58 bits per heavy atom. The van der Waals surface area contributed by atoms with Gasteiger partial charge in [-0.1, -0.05) is 31.7 Å². The quantitative estimate of drug-likeness (QED) is 0.609. The average Bonchev–Trinajstić information content (AvgIpc) is 2.04. The summed E-state index contributed by atoms with van der Waals surface area (Å²) in [6.45, 7) is 5.15. The third-order valence-electron chi connectivity index (χ3n) is 1.57. The third kappa shape index (κ3) is 3.34. The second-order valence-electron chi connectivity index (χ2n) is 2.46. The van der Waals surface area contributed by atoms with Crippen molar-refractivity contribution in [3.8, 4) is 0 Å². The lowest BCUT2D eigenvalue weighted by atomic mass is 10.0. The largest absolute Gasteiger partial charge is 0.481 e. The fraction of sp³-hybridized carbons (Fsp3) is 0.444. The van der Waals surface area contributed by atoms with Gasteiger partial charge in [0.05, 0.1) is 6.10 Å². The van der Waals surface area contributed by atoms with Crippen LogP contribution in [0.1, 0.15) is 13.3 Å². The smallest absolute Gasteiger partial charge is 0.313 e. The second-order valence-corrected chi connectivity index (χ2v) is 2.46. The minimum absolute atomic E-state index is 0.429. The summed E-state index contributed by atoms with van der Waals surface area (Å²) in [4.78, 5) is 10.6. The van der Waals surface area contributed by atoms with Gasteiger partial charge >= 0.3 is 5.97 Å². The summed E-state index contributed by atoms with van der Waals surface area (Å²) >= 11 is 0. The first kappa shape index (κ1) is 10.9. The first-order chi connectivity index (χ1) is 5.63. The van der Waals surface area contributed by atoms with Gasteiger partial charge in [-0.15, -0.1) is 0 Å². The Morgan fingerprint density at radius 1 is 1.67 bits per heavy atom. The Hall–Kier alpha value is -1.09. The van der Waals surface area contributed by atoms with Gasteiger partial charge in [-0.2, -0.15) is 0 Å². The first-order valence-electron chi connectivity index (χ1n) is 3.83. The highest BCUT2D eigenvalue weighted by Gasteiger charge is 2.21. The number of hydrogen-bond acceptors (Lipinski definition) is 2. The number of rotatable bonds is 5. The van der Waals surface area contributed by atoms with Crippen LogP contribution in [0, 0.1) is 5.92 Å². The van der Waals surface area contributed by atoms with Crippen LogP contribution in [-0.2, 0) is 4.79 Å². The number of aliphatic hydroxyl groups is 1. The zero-order valence-corrected chi connectivity index (χ0v) is 7.10. The van der Waals surface area contributed by atoms with Crippen LogP contribution in [0.4, 0.5) is 0 Å².